The fourth-order valence-corrected chi connectivity index (χ4v) is 1.46. The van der Waals surface area contributed by atoms with Gasteiger partial charge in [0.05, 0.1) is 14.2 Å². The molecule has 0 amide bonds. The van der Waals surface area contributed by atoms with E-state index in [1.807, 2.05) is 25.1 Å². The molecule has 4 nitrogen and oxygen atoms in total. The quantitative estimate of drug-likeness (QED) is 0.761. The van der Waals surface area contributed by atoms with Crippen LogP contribution in [0.3, 0.4) is 0 Å². The molecule has 0 aliphatic heterocycles. The third-order valence-corrected chi connectivity index (χ3v) is 2.48. The van der Waals surface area contributed by atoms with E-state index in [4.69, 9.17) is 15.2 Å². The van der Waals surface area contributed by atoms with E-state index in [2.05, 4.69) is 5.32 Å². The number of hydrogen-bond acceptors (Lipinski definition) is 4. The Labute approximate surface area is 96.7 Å². The van der Waals surface area contributed by atoms with E-state index in [9.17, 15) is 0 Å². The zero-order valence-electron chi connectivity index (χ0n) is 10.1. The van der Waals surface area contributed by atoms with Crippen molar-refractivity contribution in [2.45, 2.75) is 19.5 Å². The van der Waals surface area contributed by atoms with Gasteiger partial charge < -0.3 is 20.5 Å². The van der Waals surface area contributed by atoms with E-state index in [1.54, 1.807) is 14.2 Å². The van der Waals surface area contributed by atoms with E-state index in [-0.39, 0.29) is 6.04 Å². The molecule has 0 fully saturated rings. The third-order valence-electron chi connectivity index (χ3n) is 2.48. The summed E-state index contributed by atoms with van der Waals surface area (Å²) in [4.78, 5) is 0. The number of hydrogen-bond donors (Lipinski definition) is 2. The zero-order valence-corrected chi connectivity index (χ0v) is 10.1. The smallest absolute Gasteiger partial charge is 0.165 e. The van der Waals surface area contributed by atoms with Crippen molar-refractivity contribution in [3.8, 4) is 11.5 Å². The van der Waals surface area contributed by atoms with Gasteiger partial charge in [0.1, 0.15) is 0 Å². The lowest BCUT2D eigenvalue weighted by atomic mass is 10.1. The minimum absolute atomic E-state index is 0.288. The van der Waals surface area contributed by atoms with Gasteiger partial charge in [0.25, 0.3) is 0 Å². The number of nitrogens with two attached hydrogens (primary N) is 1. The third kappa shape index (κ3) is 3.12. The lowest BCUT2D eigenvalue weighted by molar-refractivity contribution is 0.350. The number of methoxy groups -OCH3 is 2. The molecule has 1 unspecified atom stereocenters. The number of nitrogens with one attached hydrogen (secondary N) is 1. The molecular formula is C12H20N2O2. The van der Waals surface area contributed by atoms with E-state index in [0.717, 1.165) is 23.6 Å². The van der Waals surface area contributed by atoms with Gasteiger partial charge in [-0.2, -0.15) is 0 Å². The summed E-state index contributed by atoms with van der Waals surface area (Å²) in [7, 11) is 3.28. The van der Waals surface area contributed by atoms with Crippen LogP contribution in [0.1, 0.15) is 12.5 Å². The second kappa shape index (κ2) is 6.35. The lowest BCUT2D eigenvalue weighted by Gasteiger charge is -2.15. The standard InChI is InChI=1S/C12H20N2O2/c1-9(7-13)14-8-10-5-4-6-11(15-2)12(10)16-3/h4-6,9,14H,7-8,13H2,1-3H3. The van der Waals surface area contributed by atoms with E-state index < -0.39 is 0 Å². The maximum atomic E-state index is 5.54. The van der Waals surface area contributed by atoms with Crippen LogP contribution in [0.5, 0.6) is 11.5 Å². The van der Waals surface area contributed by atoms with Crippen LogP contribution in [0, 0.1) is 0 Å². The molecule has 1 aromatic rings. The Bertz CT molecular complexity index is 329. The second-order valence-corrected chi connectivity index (χ2v) is 3.67. The molecule has 0 aliphatic rings. The van der Waals surface area contributed by atoms with Gasteiger partial charge in [-0.25, -0.2) is 0 Å². The van der Waals surface area contributed by atoms with Crippen LogP contribution in [-0.4, -0.2) is 26.8 Å². The summed E-state index contributed by atoms with van der Waals surface area (Å²) in [5.41, 5.74) is 6.62. The SMILES string of the molecule is COc1cccc(CNC(C)CN)c1OC. The predicted molar refractivity (Wildman–Crippen MR) is 64.9 cm³/mol. The fraction of sp³-hybridized carbons (Fsp3) is 0.500. The van der Waals surface area contributed by atoms with Crippen molar-refractivity contribution in [3.63, 3.8) is 0 Å². The summed E-state index contributed by atoms with van der Waals surface area (Å²) < 4.78 is 10.6. The van der Waals surface area contributed by atoms with Crippen LogP contribution in [0.15, 0.2) is 18.2 Å². The summed E-state index contributed by atoms with van der Waals surface area (Å²) in [5.74, 6) is 1.53. The molecule has 1 aromatic carbocycles. The van der Waals surface area contributed by atoms with Crippen LogP contribution in [-0.2, 0) is 6.54 Å². The average Bonchev–Trinajstić information content (AvgIpc) is 2.34. The molecule has 0 radical (unpaired) electrons. The first kappa shape index (κ1) is 12.8. The molecule has 90 valence electrons. The van der Waals surface area contributed by atoms with Gasteiger partial charge in [0, 0.05) is 24.7 Å². The fourth-order valence-electron chi connectivity index (χ4n) is 1.46. The maximum absolute atomic E-state index is 5.54. The highest BCUT2D eigenvalue weighted by Gasteiger charge is 2.09. The first-order valence-electron chi connectivity index (χ1n) is 5.36. The summed E-state index contributed by atoms with van der Waals surface area (Å²) in [6.07, 6.45) is 0. The first-order valence-corrected chi connectivity index (χ1v) is 5.36. The average molecular weight is 224 g/mol. The molecule has 1 atom stereocenters. The second-order valence-electron chi connectivity index (χ2n) is 3.67. The Kier molecular flexibility index (Phi) is 5.08. The van der Waals surface area contributed by atoms with Crippen LogP contribution in [0.4, 0.5) is 0 Å². The summed E-state index contributed by atoms with van der Waals surface area (Å²) in [6.45, 7) is 3.39. The highest BCUT2D eigenvalue weighted by molar-refractivity contribution is 5.46. The van der Waals surface area contributed by atoms with Gasteiger partial charge in [-0.3, -0.25) is 0 Å². The molecule has 0 heterocycles. The van der Waals surface area contributed by atoms with Gasteiger partial charge >= 0.3 is 0 Å². The Balaban J connectivity index is 2.78. The normalized spacial score (nSPS) is 12.2. The van der Waals surface area contributed by atoms with Gasteiger partial charge in [0.15, 0.2) is 11.5 Å². The van der Waals surface area contributed by atoms with Gasteiger partial charge in [-0.05, 0) is 13.0 Å². The van der Waals surface area contributed by atoms with Crippen molar-refractivity contribution in [3.05, 3.63) is 23.8 Å². The lowest BCUT2D eigenvalue weighted by Crippen LogP contribution is -2.32. The molecule has 4 heteroatoms. The monoisotopic (exact) mass is 224 g/mol. The Morgan fingerprint density at radius 2 is 2.06 bits per heavy atom. The Morgan fingerprint density at radius 3 is 2.62 bits per heavy atom. The van der Waals surface area contributed by atoms with Crippen LogP contribution >= 0.6 is 0 Å². The summed E-state index contributed by atoms with van der Waals surface area (Å²) in [6, 6.07) is 6.13. The van der Waals surface area contributed by atoms with Crippen molar-refractivity contribution >= 4 is 0 Å². The van der Waals surface area contributed by atoms with Crippen molar-refractivity contribution in [1.82, 2.24) is 5.32 Å². The molecule has 0 aromatic heterocycles. The maximum Gasteiger partial charge on any atom is 0.165 e. The molecular weight excluding hydrogens is 204 g/mol. The molecule has 0 saturated carbocycles. The minimum Gasteiger partial charge on any atom is -0.493 e. The largest absolute Gasteiger partial charge is 0.493 e. The summed E-state index contributed by atoms with van der Waals surface area (Å²) >= 11 is 0. The highest BCUT2D eigenvalue weighted by Crippen LogP contribution is 2.30. The number of benzene rings is 1. The van der Waals surface area contributed by atoms with Crippen molar-refractivity contribution in [2.24, 2.45) is 5.73 Å². The highest BCUT2D eigenvalue weighted by atomic mass is 16.5. The molecule has 1 rings (SSSR count). The van der Waals surface area contributed by atoms with E-state index in [0.29, 0.717) is 6.54 Å². The predicted octanol–water partition coefficient (Wildman–Crippen LogP) is 1.14. The van der Waals surface area contributed by atoms with Gasteiger partial charge in [0.2, 0.25) is 0 Å². The van der Waals surface area contributed by atoms with Crippen LogP contribution < -0.4 is 20.5 Å². The minimum atomic E-state index is 0.288. The van der Waals surface area contributed by atoms with Gasteiger partial charge in [-0.1, -0.05) is 12.1 Å². The Morgan fingerprint density at radius 1 is 1.31 bits per heavy atom. The molecule has 0 saturated heterocycles. The molecule has 0 bridgehead atoms. The zero-order chi connectivity index (χ0) is 12.0. The van der Waals surface area contributed by atoms with Crippen molar-refractivity contribution in [1.29, 1.82) is 0 Å². The molecule has 16 heavy (non-hydrogen) atoms. The van der Waals surface area contributed by atoms with Gasteiger partial charge in [-0.15, -0.1) is 0 Å². The molecule has 0 spiro atoms. The van der Waals surface area contributed by atoms with Crippen molar-refractivity contribution < 1.29 is 9.47 Å². The molecule has 3 N–H and O–H groups in total. The Hall–Kier alpha value is -1.26. The van der Waals surface area contributed by atoms with E-state index in [1.165, 1.54) is 0 Å². The molecule has 0 aliphatic carbocycles. The number of rotatable bonds is 6. The number of ether oxygens (including phenoxy) is 2. The van der Waals surface area contributed by atoms with Crippen LogP contribution in [0.25, 0.3) is 0 Å². The van der Waals surface area contributed by atoms with E-state index >= 15 is 0 Å². The number of para-hydroxylation sites is 1. The first-order chi connectivity index (χ1) is 7.72. The van der Waals surface area contributed by atoms with Crippen molar-refractivity contribution in [2.75, 3.05) is 20.8 Å². The van der Waals surface area contributed by atoms with Crippen LogP contribution in [0.2, 0.25) is 0 Å². The topological polar surface area (TPSA) is 56.5 Å². The summed E-state index contributed by atoms with van der Waals surface area (Å²) in [5, 5.41) is 3.31.